The number of halogens is 1. The molecular weight excluding hydrogens is 1040 g/mol. The molecule has 3 aromatic carbocycles. The lowest BCUT2D eigenvalue weighted by atomic mass is 9.86. The number of nitrogens with two attached hydrogens (primary N) is 3. The summed E-state index contributed by atoms with van der Waals surface area (Å²) in [4.78, 5) is 4.95. The Morgan fingerprint density at radius 2 is 1.00 bits per heavy atom. The minimum atomic E-state index is -0.405. The third kappa shape index (κ3) is 30.1. The molecule has 0 unspecified atom stereocenters. The summed E-state index contributed by atoms with van der Waals surface area (Å²) in [5.41, 5.74) is 28.8. The zero-order valence-electron chi connectivity index (χ0n) is 54.7. The zero-order valence-corrected chi connectivity index (χ0v) is 56.3. The molecular formula is C71H107FN6OS2. The van der Waals surface area contributed by atoms with Crippen LogP contribution in [0.3, 0.4) is 0 Å². The van der Waals surface area contributed by atoms with Crippen LogP contribution in [0.25, 0.3) is 0 Å². The van der Waals surface area contributed by atoms with Crippen molar-refractivity contribution in [2.45, 2.75) is 209 Å². The normalized spacial score (nSPS) is 11.7. The molecule has 5 heterocycles. The lowest BCUT2D eigenvalue weighted by Gasteiger charge is -2.20. The zero-order chi connectivity index (χ0) is 62.4. The topological polar surface area (TPSA) is 122 Å². The molecule has 8 rings (SSSR count). The number of para-hydroxylation sites is 1. The number of nitrogen functional groups attached to an aromatic ring is 3. The van der Waals surface area contributed by atoms with Crippen molar-refractivity contribution >= 4 is 39.7 Å². The molecule has 0 atom stereocenters. The van der Waals surface area contributed by atoms with Crippen molar-refractivity contribution in [2.75, 3.05) is 17.2 Å². The highest BCUT2D eigenvalue weighted by molar-refractivity contribution is 7.10. The molecule has 0 aliphatic carbocycles. The standard InChI is InChI=1S/3C10H15N.C9H12FN.C8H14N2.C8H12O.2C8H12S/c1-10(2,3)8-4-6-9(11)7-5-8;1-10(2,3)8-5-4-6-9(11)7-8;1-10(2,3)8-6-4-5-7-9(8)11;1-9(2,3)7-4-5-11-8(10)6-7;1-8(2,3)7-5-9-10(4)6-7;1-8(2,3)7-5-4-6-9-7;1-8(2,3)7-4-5-9-6-7;1-8(2,3)7-5-4-6-9-7/h3*4-7H,11H2,1-3H3;4-6H,1-3H3;5-6H,1-4H3;3*4-6H,1-3H3. The Morgan fingerprint density at radius 1 is 0.457 bits per heavy atom. The SMILES string of the molecule is CC(C)(C)c1ccc(N)cc1.CC(C)(C)c1cccc(N)c1.CC(C)(C)c1ccccc1N.CC(C)(C)c1ccco1.CC(C)(C)c1cccs1.CC(C)(C)c1ccnc(F)c1.CC(C)(C)c1ccsc1.Cn1cc(C(C)(C)C)cn1. The number of aromatic nitrogens is 3. The van der Waals surface area contributed by atoms with Crippen molar-refractivity contribution in [1.82, 2.24) is 14.8 Å². The van der Waals surface area contributed by atoms with E-state index in [1.54, 1.807) is 17.6 Å². The molecule has 0 saturated heterocycles. The maximum Gasteiger partial charge on any atom is 0.213 e. The predicted octanol–water partition coefficient (Wildman–Crippen LogP) is 20.6. The van der Waals surface area contributed by atoms with E-state index in [-0.39, 0.29) is 32.5 Å². The van der Waals surface area contributed by atoms with E-state index in [9.17, 15) is 4.39 Å². The molecule has 0 radical (unpaired) electrons. The number of furan rings is 1. The van der Waals surface area contributed by atoms with Gasteiger partial charge in [0.25, 0.3) is 0 Å². The molecule has 10 heteroatoms. The number of benzene rings is 3. The Balaban J connectivity index is 0.000000463. The highest BCUT2D eigenvalue weighted by Crippen LogP contribution is 2.29. The predicted molar refractivity (Wildman–Crippen MR) is 357 cm³/mol. The average molecular weight is 1140 g/mol. The molecule has 0 aliphatic rings. The molecule has 5 aromatic heterocycles. The molecule has 0 spiro atoms. The highest BCUT2D eigenvalue weighted by atomic mass is 32.1. The Kier molecular flexibility index (Phi) is 28.4. The maximum absolute atomic E-state index is 12.6. The molecule has 0 aliphatic heterocycles. The van der Waals surface area contributed by atoms with Gasteiger partial charge in [0, 0.05) is 46.8 Å². The highest BCUT2D eigenvalue weighted by Gasteiger charge is 2.19. The largest absolute Gasteiger partial charge is 0.469 e. The van der Waals surface area contributed by atoms with Crippen LogP contribution < -0.4 is 17.2 Å². The first-order valence-corrected chi connectivity index (χ1v) is 29.9. The summed E-state index contributed by atoms with van der Waals surface area (Å²) in [6.07, 6.45) is 7.18. The summed E-state index contributed by atoms with van der Waals surface area (Å²) in [7, 11) is 1.94. The van der Waals surface area contributed by atoms with Crippen LogP contribution in [0.15, 0.2) is 161 Å². The maximum atomic E-state index is 12.6. The van der Waals surface area contributed by atoms with Gasteiger partial charge in [0.1, 0.15) is 5.76 Å². The quantitative estimate of drug-likeness (QED) is 0.103. The van der Waals surface area contributed by atoms with Crippen LogP contribution in [0, 0.1) is 5.95 Å². The smallest absolute Gasteiger partial charge is 0.213 e. The van der Waals surface area contributed by atoms with E-state index >= 15 is 0 Å². The van der Waals surface area contributed by atoms with E-state index in [1.807, 2.05) is 117 Å². The van der Waals surface area contributed by atoms with Crippen LogP contribution in [-0.2, 0) is 50.4 Å². The second-order valence-corrected chi connectivity index (χ2v) is 30.3. The van der Waals surface area contributed by atoms with Gasteiger partial charge in [-0.3, -0.25) is 4.68 Å². The van der Waals surface area contributed by atoms with Crippen LogP contribution in [0.1, 0.15) is 210 Å². The molecule has 81 heavy (non-hydrogen) atoms. The van der Waals surface area contributed by atoms with Gasteiger partial charge in [-0.15, -0.1) is 11.3 Å². The van der Waals surface area contributed by atoms with Crippen molar-refractivity contribution in [2.24, 2.45) is 7.05 Å². The van der Waals surface area contributed by atoms with Crippen molar-refractivity contribution in [3.63, 3.8) is 0 Å². The monoisotopic (exact) mass is 1140 g/mol. The fraction of sp³-hybridized carbons (Fsp3) is 0.465. The van der Waals surface area contributed by atoms with Crippen LogP contribution in [0.2, 0.25) is 0 Å². The van der Waals surface area contributed by atoms with Gasteiger partial charge in [-0.2, -0.15) is 20.8 Å². The summed E-state index contributed by atoms with van der Waals surface area (Å²) < 4.78 is 19.6. The molecule has 8 aromatic rings. The second-order valence-electron chi connectivity index (χ2n) is 28.6. The van der Waals surface area contributed by atoms with Gasteiger partial charge in [-0.1, -0.05) is 215 Å². The molecule has 0 bridgehead atoms. The summed E-state index contributed by atoms with van der Waals surface area (Å²) >= 11 is 3.60. The summed E-state index contributed by atoms with van der Waals surface area (Å²) in [6, 6.07) is 37.8. The summed E-state index contributed by atoms with van der Waals surface area (Å²) in [5, 5.41) is 10.6. The van der Waals surface area contributed by atoms with E-state index in [4.69, 9.17) is 21.6 Å². The fourth-order valence-electron chi connectivity index (χ4n) is 6.95. The molecule has 7 nitrogen and oxygen atoms in total. The third-order valence-electron chi connectivity index (χ3n) is 12.4. The number of hydrogen-bond donors (Lipinski definition) is 3. The van der Waals surface area contributed by atoms with Crippen molar-refractivity contribution < 1.29 is 8.81 Å². The Bertz CT molecular complexity index is 2750. The number of anilines is 3. The fourth-order valence-corrected chi connectivity index (χ4v) is 8.64. The number of pyridine rings is 1. The number of hydrogen-bond acceptors (Lipinski definition) is 8. The van der Waals surface area contributed by atoms with Crippen molar-refractivity contribution in [3.05, 3.63) is 206 Å². The van der Waals surface area contributed by atoms with Gasteiger partial charge in [0.2, 0.25) is 5.95 Å². The van der Waals surface area contributed by atoms with Crippen molar-refractivity contribution in [3.8, 4) is 0 Å². The van der Waals surface area contributed by atoms with Gasteiger partial charge < -0.3 is 21.6 Å². The first kappa shape index (κ1) is 73.0. The van der Waals surface area contributed by atoms with Gasteiger partial charge in [-0.05, 0) is 154 Å². The minimum Gasteiger partial charge on any atom is -0.469 e. The van der Waals surface area contributed by atoms with Crippen LogP contribution in [0.5, 0.6) is 0 Å². The lowest BCUT2D eigenvalue weighted by Crippen LogP contribution is -2.13. The van der Waals surface area contributed by atoms with Crippen LogP contribution >= 0.6 is 22.7 Å². The average Bonchev–Trinajstić information content (AvgIpc) is 4.18. The van der Waals surface area contributed by atoms with E-state index in [2.05, 4.69) is 220 Å². The van der Waals surface area contributed by atoms with Gasteiger partial charge in [0.05, 0.1) is 12.5 Å². The number of aryl methyl sites for hydroxylation is 1. The number of nitrogens with zero attached hydrogens (tertiary/aromatic N) is 3. The number of rotatable bonds is 0. The lowest BCUT2D eigenvalue weighted by molar-refractivity contribution is 0.409. The number of thiophene rings is 2. The summed E-state index contributed by atoms with van der Waals surface area (Å²) in [5.74, 6) is 0.639. The molecule has 0 saturated carbocycles. The Labute approximate surface area is 500 Å². The van der Waals surface area contributed by atoms with E-state index in [0.29, 0.717) is 10.8 Å². The first-order chi connectivity index (χ1) is 36.8. The van der Waals surface area contributed by atoms with Crippen LogP contribution in [-0.4, -0.2) is 14.8 Å². The summed E-state index contributed by atoms with van der Waals surface area (Å²) in [6.45, 7) is 52.1. The van der Waals surface area contributed by atoms with Gasteiger partial charge >= 0.3 is 0 Å². The molecule has 6 N–H and O–H groups in total. The van der Waals surface area contributed by atoms with Crippen molar-refractivity contribution in [1.29, 1.82) is 0 Å². The first-order valence-electron chi connectivity index (χ1n) is 28.1. The van der Waals surface area contributed by atoms with Gasteiger partial charge in [-0.25, -0.2) is 4.98 Å². The minimum absolute atomic E-state index is 0.00375. The second kappa shape index (κ2) is 31.5. The van der Waals surface area contributed by atoms with E-state index < -0.39 is 5.95 Å². The Hall–Kier alpha value is -5.97. The van der Waals surface area contributed by atoms with Crippen LogP contribution in [0.4, 0.5) is 21.5 Å². The van der Waals surface area contributed by atoms with Gasteiger partial charge in [0.15, 0.2) is 0 Å². The molecule has 0 fully saturated rings. The third-order valence-corrected chi connectivity index (χ3v) is 14.3. The molecule has 0 amide bonds. The molecule has 446 valence electrons. The van der Waals surface area contributed by atoms with E-state index in [1.165, 1.54) is 45.0 Å². The Morgan fingerprint density at radius 3 is 1.30 bits per heavy atom. The van der Waals surface area contributed by atoms with E-state index in [0.717, 1.165) is 28.4 Å².